The van der Waals surface area contributed by atoms with Crippen LogP contribution in [0.4, 0.5) is 5.69 Å². The van der Waals surface area contributed by atoms with Gasteiger partial charge in [0.15, 0.2) is 23.9 Å². The van der Waals surface area contributed by atoms with Crippen LogP contribution < -0.4 is 20.2 Å². The molecule has 0 spiro atoms. The highest BCUT2D eigenvalue weighted by Gasteiger charge is 2.16. The van der Waals surface area contributed by atoms with Crippen molar-refractivity contribution in [2.24, 2.45) is 5.10 Å². The van der Waals surface area contributed by atoms with E-state index in [0.29, 0.717) is 29.2 Å². The van der Waals surface area contributed by atoms with E-state index in [2.05, 4.69) is 47.7 Å². The molecule has 8 nitrogen and oxygen atoms in total. The molecule has 4 aromatic rings. The van der Waals surface area contributed by atoms with Gasteiger partial charge in [0.1, 0.15) is 5.58 Å². The Bertz CT molecular complexity index is 1520. The number of rotatable bonds is 9. The molecule has 0 aliphatic heterocycles. The molecule has 0 bridgehead atoms. The molecule has 2 N–H and O–H groups in total. The smallest absolute Gasteiger partial charge is 0.307 e. The Morgan fingerprint density at radius 3 is 2.58 bits per heavy atom. The molecule has 11 heteroatoms. The number of nitrogens with one attached hydrogen (secondary N) is 2. The van der Waals surface area contributed by atoms with E-state index < -0.39 is 5.91 Å². The van der Waals surface area contributed by atoms with Crippen LogP contribution >= 0.6 is 43.5 Å². The van der Waals surface area contributed by atoms with E-state index in [-0.39, 0.29) is 29.0 Å². The lowest BCUT2D eigenvalue weighted by molar-refractivity contribution is -0.118. The van der Waals surface area contributed by atoms with Crippen molar-refractivity contribution in [1.29, 1.82) is 0 Å². The number of aryl methyl sites for hydroxylation is 1. The second kappa shape index (κ2) is 12.5. The van der Waals surface area contributed by atoms with Crippen molar-refractivity contribution in [2.45, 2.75) is 13.8 Å². The van der Waals surface area contributed by atoms with Gasteiger partial charge in [-0.15, -0.1) is 0 Å². The van der Waals surface area contributed by atoms with Gasteiger partial charge < -0.3 is 19.2 Å². The minimum Gasteiger partial charge on any atom is -0.490 e. The molecule has 1 heterocycles. The summed E-state index contributed by atoms with van der Waals surface area (Å²) >= 11 is 13.3. The second-order valence-corrected chi connectivity index (χ2v) is 10.3. The SMILES string of the molecule is CCOc1cc(/C=N\NC(=O)c2cc3cc(Br)cc(Br)c3o2)cc(Cl)c1OCC(=O)Nc1ccc(C)cc1. The van der Waals surface area contributed by atoms with Crippen LogP contribution in [0.1, 0.15) is 28.6 Å². The van der Waals surface area contributed by atoms with Gasteiger partial charge in [-0.25, -0.2) is 5.43 Å². The molecule has 0 atom stereocenters. The number of hydrogen-bond acceptors (Lipinski definition) is 6. The Hall–Kier alpha value is -3.34. The summed E-state index contributed by atoms with van der Waals surface area (Å²) in [6, 6.07) is 16.0. The molecule has 0 unspecified atom stereocenters. The molecular formula is C27H22Br2ClN3O5. The minimum atomic E-state index is -0.517. The quantitative estimate of drug-likeness (QED) is 0.147. The van der Waals surface area contributed by atoms with Crippen LogP contribution in [0.15, 0.2) is 73.1 Å². The summed E-state index contributed by atoms with van der Waals surface area (Å²) in [5.41, 5.74) is 5.29. The number of carbonyl (C=O) groups excluding carboxylic acids is 2. The fraction of sp³-hybridized carbons (Fsp3) is 0.148. The first-order valence-corrected chi connectivity index (χ1v) is 13.4. The molecule has 2 amide bonds. The molecule has 196 valence electrons. The third kappa shape index (κ3) is 6.94. The van der Waals surface area contributed by atoms with Crippen LogP contribution in [-0.2, 0) is 4.79 Å². The van der Waals surface area contributed by atoms with E-state index in [0.717, 1.165) is 19.9 Å². The molecule has 4 rings (SSSR count). The Balaban J connectivity index is 1.42. The Morgan fingerprint density at radius 1 is 1.08 bits per heavy atom. The van der Waals surface area contributed by atoms with Crippen LogP contribution in [0.2, 0.25) is 5.02 Å². The zero-order chi connectivity index (χ0) is 27.2. The van der Waals surface area contributed by atoms with Gasteiger partial charge >= 0.3 is 5.91 Å². The minimum absolute atomic E-state index is 0.108. The number of furan rings is 1. The maximum atomic E-state index is 12.5. The maximum absolute atomic E-state index is 12.5. The molecule has 0 saturated carbocycles. The Kier molecular flexibility index (Phi) is 9.09. The Morgan fingerprint density at radius 2 is 1.84 bits per heavy atom. The largest absolute Gasteiger partial charge is 0.490 e. The van der Waals surface area contributed by atoms with E-state index >= 15 is 0 Å². The van der Waals surface area contributed by atoms with Gasteiger partial charge in [0.25, 0.3) is 5.91 Å². The summed E-state index contributed by atoms with van der Waals surface area (Å²) in [5, 5.41) is 7.75. The number of benzene rings is 3. The van der Waals surface area contributed by atoms with E-state index in [4.69, 9.17) is 25.5 Å². The van der Waals surface area contributed by atoms with Crippen LogP contribution in [0.5, 0.6) is 11.5 Å². The summed E-state index contributed by atoms with van der Waals surface area (Å²) in [4.78, 5) is 24.9. The van der Waals surface area contributed by atoms with Gasteiger partial charge in [0, 0.05) is 15.5 Å². The van der Waals surface area contributed by atoms with Crippen molar-refractivity contribution in [3.05, 3.63) is 85.5 Å². The van der Waals surface area contributed by atoms with E-state index in [1.807, 2.05) is 50.2 Å². The number of carbonyl (C=O) groups is 2. The van der Waals surface area contributed by atoms with E-state index in [9.17, 15) is 9.59 Å². The first-order chi connectivity index (χ1) is 18.2. The van der Waals surface area contributed by atoms with E-state index in [1.165, 1.54) is 6.21 Å². The van der Waals surface area contributed by atoms with Crippen molar-refractivity contribution in [3.8, 4) is 11.5 Å². The molecule has 0 aliphatic rings. The van der Waals surface area contributed by atoms with Gasteiger partial charge in [-0.2, -0.15) is 5.10 Å². The fourth-order valence-electron chi connectivity index (χ4n) is 3.45. The number of nitrogens with zero attached hydrogens (tertiary/aromatic N) is 1. The number of anilines is 1. The summed E-state index contributed by atoms with van der Waals surface area (Å²) in [5.74, 6) is -0.185. The number of fused-ring (bicyclic) bond motifs is 1. The predicted octanol–water partition coefficient (Wildman–Crippen LogP) is 7.10. The normalized spacial score (nSPS) is 11.1. The molecule has 0 radical (unpaired) electrons. The van der Waals surface area contributed by atoms with Gasteiger partial charge in [-0.3, -0.25) is 9.59 Å². The summed E-state index contributed by atoms with van der Waals surface area (Å²) in [6.07, 6.45) is 1.41. The average molecular weight is 664 g/mol. The monoisotopic (exact) mass is 661 g/mol. The molecule has 0 fully saturated rings. The topological polar surface area (TPSA) is 102 Å². The van der Waals surface area contributed by atoms with Gasteiger partial charge in [0.05, 0.1) is 22.3 Å². The third-order valence-electron chi connectivity index (χ3n) is 5.15. The van der Waals surface area contributed by atoms with Gasteiger partial charge in [0.2, 0.25) is 0 Å². The predicted molar refractivity (Wildman–Crippen MR) is 155 cm³/mol. The molecule has 38 heavy (non-hydrogen) atoms. The van der Waals surface area contributed by atoms with Crippen LogP contribution in [0.25, 0.3) is 11.0 Å². The van der Waals surface area contributed by atoms with Crippen LogP contribution in [0.3, 0.4) is 0 Å². The Labute approximate surface area is 240 Å². The van der Waals surface area contributed by atoms with Crippen molar-refractivity contribution in [2.75, 3.05) is 18.5 Å². The lowest BCUT2D eigenvalue weighted by Gasteiger charge is -2.14. The molecule has 3 aromatic carbocycles. The van der Waals surface area contributed by atoms with Gasteiger partial charge in [-0.05, 0) is 77.8 Å². The van der Waals surface area contributed by atoms with Crippen LogP contribution in [-0.4, -0.2) is 31.2 Å². The fourth-order valence-corrected chi connectivity index (χ4v) is 5.06. The van der Waals surface area contributed by atoms with Crippen molar-refractivity contribution < 1.29 is 23.5 Å². The average Bonchev–Trinajstić information content (AvgIpc) is 3.30. The zero-order valence-electron chi connectivity index (χ0n) is 20.3. The molecule has 0 saturated heterocycles. The highest BCUT2D eigenvalue weighted by molar-refractivity contribution is 9.11. The summed E-state index contributed by atoms with van der Waals surface area (Å²) in [6.45, 7) is 3.86. The first kappa shape index (κ1) is 27.7. The van der Waals surface area contributed by atoms with Crippen molar-refractivity contribution >= 4 is 78.1 Å². The lowest BCUT2D eigenvalue weighted by Crippen LogP contribution is -2.20. The highest BCUT2D eigenvalue weighted by atomic mass is 79.9. The number of hydrogen-bond donors (Lipinski definition) is 2. The first-order valence-electron chi connectivity index (χ1n) is 11.4. The molecule has 0 aliphatic carbocycles. The molecule has 1 aromatic heterocycles. The number of ether oxygens (including phenoxy) is 2. The number of halogens is 3. The summed E-state index contributed by atoms with van der Waals surface area (Å²) in [7, 11) is 0. The lowest BCUT2D eigenvalue weighted by atomic mass is 10.2. The van der Waals surface area contributed by atoms with E-state index in [1.54, 1.807) is 18.2 Å². The van der Waals surface area contributed by atoms with Crippen LogP contribution in [0, 0.1) is 6.92 Å². The number of hydrazone groups is 1. The maximum Gasteiger partial charge on any atom is 0.307 e. The molecular weight excluding hydrogens is 642 g/mol. The van der Waals surface area contributed by atoms with Crippen molar-refractivity contribution in [1.82, 2.24) is 5.43 Å². The third-order valence-corrected chi connectivity index (χ3v) is 6.48. The standard InChI is InChI=1S/C27H22Br2ClN3O5/c1-3-36-22-9-16(8-21(30)26(22)37-14-24(34)32-19-6-4-15(2)5-7-19)13-31-33-27(35)23-11-17-10-18(28)12-20(29)25(17)38-23/h4-13H,3,14H2,1-2H3,(H,32,34)(H,33,35)/b31-13-. The van der Waals surface area contributed by atoms with Crippen molar-refractivity contribution in [3.63, 3.8) is 0 Å². The highest BCUT2D eigenvalue weighted by Crippen LogP contribution is 2.36. The van der Waals surface area contributed by atoms with Gasteiger partial charge in [-0.1, -0.05) is 45.2 Å². The zero-order valence-corrected chi connectivity index (χ0v) is 24.2. The second-order valence-electron chi connectivity index (χ2n) is 8.08. The number of amides is 2. The summed E-state index contributed by atoms with van der Waals surface area (Å²) < 4.78 is 18.6.